The predicted octanol–water partition coefficient (Wildman–Crippen LogP) is 9.94. The first-order chi connectivity index (χ1) is 27.2. The molecule has 0 N–H and O–H groups in total. The Morgan fingerprint density at radius 1 is 0.667 bits per heavy atom. The smallest absolute Gasteiger partial charge is 0.406 e. The van der Waals surface area contributed by atoms with Gasteiger partial charge in [0.05, 0.1) is 18.1 Å². The van der Waals surface area contributed by atoms with Crippen molar-refractivity contribution in [2.24, 2.45) is 7.05 Å². The first-order valence-electron chi connectivity index (χ1n) is 19.2. The van der Waals surface area contributed by atoms with Gasteiger partial charge in [0.25, 0.3) is 0 Å². The molecule has 0 aliphatic carbocycles. The summed E-state index contributed by atoms with van der Waals surface area (Å²) < 4.78 is 6.45. The summed E-state index contributed by atoms with van der Waals surface area (Å²) in [4.78, 5) is 9.88. The van der Waals surface area contributed by atoms with E-state index in [1.165, 1.54) is 27.5 Å². The first kappa shape index (κ1) is 36.7. The number of anilines is 4. The van der Waals surface area contributed by atoms with Crippen molar-refractivity contribution in [3.05, 3.63) is 175 Å². The van der Waals surface area contributed by atoms with Crippen LogP contribution in [0.4, 0.5) is 22.7 Å². The Balaban J connectivity index is 0.00000422. The molecule has 4 heterocycles. The molecule has 57 heavy (non-hydrogen) atoms. The second-order valence-corrected chi connectivity index (χ2v) is 15.9. The van der Waals surface area contributed by atoms with Gasteiger partial charge in [0.1, 0.15) is 5.82 Å². The third-order valence-corrected chi connectivity index (χ3v) is 11.4. The summed E-state index contributed by atoms with van der Waals surface area (Å²) in [5.74, 6) is 0.882. The summed E-state index contributed by atoms with van der Waals surface area (Å²) in [6.45, 7) is 11.0. The van der Waals surface area contributed by atoms with Crippen LogP contribution in [-0.4, -0.2) is 21.1 Å². The molecule has 6 aromatic carbocycles. The molecule has 9 aromatic rings. The molecule has 0 saturated carbocycles. The zero-order chi connectivity index (χ0) is 38.3. The van der Waals surface area contributed by atoms with Gasteiger partial charge in [-0.1, -0.05) is 139 Å². The summed E-state index contributed by atoms with van der Waals surface area (Å²) in [7, 11) is 2.04. The molecule has 1 aliphatic heterocycles. The van der Waals surface area contributed by atoms with Crippen LogP contribution in [0.3, 0.4) is 0 Å². The number of rotatable bonds is 5. The van der Waals surface area contributed by atoms with Crippen LogP contribution < -0.4 is 19.7 Å². The number of benzene rings is 6. The molecule has 0 amide bonds. The van der Waals surface area contributed by atoms with Crippen LogP contribution in [0.1, 0.15) is 37.5 Å². The number of aromatic nitrogens is 4. The monoisotopic (exact) mass is 919 g/mol. The van der Waals surface area contributed by atoms with Gasteiger partial charge in [-0.2, -0.15) is 24.3 Å². The van der Waals surface area contributed by atoms with Crippen molar-refractivity contribution >= 4 is 68.0 Å². The van der Waals surface area contributed by atoms with Gasteiger partial charge in [-0.05, 0) is 66.0 Å². The van der Waals surface area contributed by atoms with E-state index in [1.54, 1.807) is 0 Å². The van der Waals surface area contributed by atoms with Crippen molar-refractivity contribution < 1.29 is 25.6 Å². The van der Waals surface area contributed by atoms with Crippen LogP contribution in [-0.2, 0) is 33.5 Å². The fourth-order valence-electron chi connectivity index (χ4n) is 8.60. The Labute approximate surface area is 349 Å². The third-order valence-electron chi connectivity index (χ3n) is 11.4. The average molecular weight is 920 g/mol. The Kier molecular flexibility index (Phi) is 8.97. The van der Waals surface area contributed by atoms with Crippen molar-refractivity contribution in [2.75, 3.05) is 9.62 Å². The van der Waals surface area contributed by atoms with Gasteiger partial charge < -0.3 is 23.3 Å². The molecule has 0 unspecified atom stereocenters. The second-order valence-electron chi connectivity index (χ2n) is 15.9. The largest absolute Gasteiger partial charge is 0.415 e. The molecule has 0 bridgehead atoms. The number of aryl methyl sites for hydroxylation is 3. The van der Waals surface area contributed by atoms with Gasteiger partial charge >= 0.3 is 6.98 Å². The summed E-state index contributed by atoms with van der Waals surface area (Å²) >= 11 is 0. The Morgan fingerprint density at radius 2 is 1.37 bits per heavy atom. The molecule has 282 valence electrons. The molecular formula is C49H41BN6Pt-2. The molecule has 0 atom stereocenters. The molecule has 3 aromatic heterocycles. The van der Waals surface area contributed by atoms with E-state index in [0.29, 0.717) is 0 Å². The second kappa shape index (κ2) is 13.9. The van der Waals surface area contributed by atoms with Gasteiger partial charge in [0.15, 0.2) is 0 Å². The minimum absolute atomic E-state index is 0. The van der Waals surface area contributed by atoms with E-state index < -0.39 is 0 Å². The summed E-state index contributed by atoms with van der Waals surface area (Å²) in [6.07, 6.45) is 5.49. The number of para-hydroxylation sites is 4. The fraction of sp³-hybridized carbons (Fsp3) is 0.143. The van der Waals surface area contributed by atoms with E-state index in [0.717, 1.165) is 61.7 Å². The quantitative estimate of drug-likeness (QED) is 0.0980. The molecule has 0 saturated heterocycles. The fourth-order valence-corrected chi connectivity index (χ4v) is 8.60. The third kappa shape index (κ3) is 5.90. The van der Waals surface area contributed by atoms with Gasteiger partial charge in [0.2, 0.25) is 6.33 Å². The number of hydrogen-bond donors (Lipinski definition) is 0. The number of nitrogens with zero attached hydrogens (tertiary/aromatic N) is 6. The first-order valence-corrected chi connectivity index (χ1v) is 19.2. The Hall–Kier alpha value is -5.91. The van der Waals surface area contributed by atoms with Crippen LogP contribution in [0, 0.1) is 32.3 Å². The van der Waals surface area contributed by atoms with Crippen LogP contribution in [0.25, 0.3) is 44.3 Å². The van der Waals surface area contributed by atoms with Crippen molar-refractivity contribution in [1.29, 1.82) is 0 Å². The Bertz CT molecular complexity index is 2960. The molecular weight excluding hydrogens is 878 g/mol. The Morgan fingerprint density at radius 3 is 2.14 bits per heavy atom. The van der Waals surface area contributed by atoms with E-state index >= 15 is 0 Å². The summed E-state index contributed by atoms with van der Waals surface area (Å²) in [6, 6.07) is 55.6. The molecule has 0 spiro atoms. The number of fused-ring (bicyclic) bond motifs is 5. The number of hydrogen-bond acceptors (Lipinski definition) is 3. The summed E-state index contributed by atoms with van der Waals surface area (Å²) in [5, 5.41) is 2.30. The van der Waals surface area contributed by atoms with Crippen LogP contribution in [0.15, 0.2) is 140 Å². The average Bonchev–Trinajstić information content (AvgIpc) is 3.84. The van der Waals surface area contributed by atoms with Crippen LogP contribution >= 0.6 is 0 Å². The minimum Gasteiger partial charge on any atom is -0.415 e. The topological polar surface area (TPSA) is 33.1 Å². The van der Waals surface area contributed by atoms with Crippen molar-refractivity contribution in [1.82, 2.24) is 14.1 Å². The van der Waals surface area contributed by atoms with Gasteiger partial charge in [-0.25, -0.2) is 4.98 Å². The SMILES string of the molecule is Cc1cccc(C)c1B1N(c2[c-]c3c(cc2)c2ccccc2n3-c2cc(C(C)(C)C)ccn2)c2[c-]c(-n3[c-][n+](C)c4ccccc43)ccc2N1c1ccccc1.[Pt]. The zero-order valence-electron chi connectivity index (χ0n) is 32.9. The maximum Gasteiger partial charge on any atom is 0.406 e. The molecule has 10 rings (SSSR count). The molecule has 8 heteroatoms. The van der Waals surface area contributed by atoms with E-state index in [9.17, 15) is 0 Å². The number of imidazole rings is 1. The van der Waals surface area contributed by atoms with Crippen molar-refractivity contribution in [3.8, 4) is 11.5 Å². The van der Waals surface area contributed by atoms with Gasteiger partial charge in [-0.15, -0.1) is 17.5 Å². The molecule has 0 fully saturated rings. The standard InChI is InChI=1S/C49H41BN6.Pt/c1-33-15-14-16-34(2)48(33)50-55(36-17-8-7-9-18-36)44-26-24-37(53-32-52(6)42-21-12-13-22-43(42)53)30-46(44)56(50)38-23-25-40-39-19-10-11-20-41(39)54(45(40)31-38)47-29-35(27-28-51-47)49(3,4)5;/h7-29H,1-6H3;/q-2;. The van der Waals surface area contributed by atoms with Crippen LogP contribution in [0.5, 0.6) is 0 Å². The number of pyridine rings is 1. The van der Waals surface area contributed by atoms with Crippen molar-refractivity contribution in [3.63, 3.8) is 0 Å². The summed E-state index contributed by atoms with van der Waals surface area (Å²) in [5.41, 5.74) is 14.2. The van der Waals surface area contributed by atoms with E-state index in [4.69, 9.17) is 4.98 Å². The van der Waals surface area contributed by atoms with Crippen LogP contribution in [0.2, 0.25) is 0 Å². The normalized spacial score (nSPS) is 12.8. The maximum atomic E-state index is 4.97. The van der Waals surface area contributed by atoms with Gasteiger partial charge in [-0.3, -0.25) is 0 Å². The molecule has 0 radical (unpaired) electrons. The molecule has 1 aliphatic rings. The minimum atomic E-state index is -0.226. The van der Waals surface area contributed by atoms with E-state index in [1.807, 2.05) is 17.8 Å². The van der Waals surface area contributed by atoms with E-state index in [-0.39, 0.29) is 33.5 Å². The maximum absolute atomic E-state index is 4.97. The van der Waals surface area contributed by atoms with E-state index in [2.05, 4.69) is 205 Å². The molecule has 6 nitrogen and oxygen atoms in total. The predicted molar refractivity (Wildman–Crippen MR) is 230 cm³/mol. The zero-order valence-corrected chi connectivity index (χ0v) is 35.1. The van der Waals surface area contributed by atoms with Crippen molar-refractivity contribution in [2.45, 2.75) is 40.0 Å². The van der Waals surface area contributed by atoms with Gasteiger partial charge in [0, 0.05) is 38.5 Å².